The zero-order valence-electron chi connectivity index (χ0n) is 23.5. The Balaban J connectivity index is 2.24. The van der Waals surface area contributed by atoms with E-state index in [1.54, 1.807) is 20.8 Å². The van der Waals surface area contributed by atoms with E-state index >= 15 is 0 Å². The Morgan fingerprint density at radius 1 is 1.21 bits per heavy atom. The number of aliphatic hydroxyl groups excluding tert-OH is 1. The molecular formula is C28H43F2N5O3. The largest absolute Gasteiger partial charge is 0.459 e. The molecule has 0 unspecified atom stereocenters. The Morgan fingerprint density at radius 2 is 1.92 bits per heavy atom. The number of nitrogens with one attached hydrogen (secondary N) is 1. The molecule has 4 N–H and O–H groups in total. The van der Waals surface area contributed by atoms with Crippen molar-refractivity contribution in [1.82, 2.24) is 14.9 Å². The molecule has 0 fully saturated rings. The topological polar surface area (TPSA) is 114 Å². The third kappa shape index (κ3) is 10.5. The summed E-state index contributed by atoms with van der Waals surface area (Å²) in [7, 11) is 0. The second-order valence-corrected chi connectivity index (χ2v) is 10.7. The van der Waals surface area contributed by atoms with Crippen LogP contribution >= 0.6 is 0 Å². The van der Waals surface area contributed by atoms with E-state index in [0.717, 1.165) is 40.8 Å². The van der Waals surface area contributed by atoms with Crippen molar-refractivity contribution in [3.8, 4) is 0 Å². The molecule has 1 aromatic heterocycles. The molecule has 0 saturated carbocycles. The molecule has 0 spiro atoms. The zero-order valence-corrected chi connectivity index (χ0v) is 23.5. The van der Waals surface area contributed by atoms with E-state index in [9.17, 15) is 18.7 Å². The molecule has 38 heavy (non-hydrogen) atoms. The van der Waals surface area contributed by atoms with Crippen molar-refractivity contribution in [3.63, 3.8) is 0 Å². The minimum absolute atomic E-state index is 0.0618. The Labute approximate surface area is 225 Å². The number of nitrogen functional groups attached to an aromatic ring is 1. The third-order valence-electron chi connectivity index (χ3n) is 6.04. The maximum Gasteiger partial charge on any atom is 0.320 e. The number of aliphatic hydroxyl groups is 1. The number of ether oxygens (including phenoxy) is 1. The molecule has 10 heteroatoms. The molecule has 2 rings (SSSR count). The van der Waals surface area contributed by atoms with Gasteiger partial charge in [0.25, 0.3) is 6.43 Å². The van der Waals surface area contributed by atoms with Crippen molar-refractivity contribution in [2.24, 2.45) is 0 Å². The lowest BCUT2D eigenvalue weighted by Crippen LogP contribution is -2.37. The highest BCUT2D eigenvalue weighted by Crippen LogP contribution is 2.25. The van der Waals surface area contributed by atoms with Crippen molar-refractivity contribution >= 4 is 17.7 Å². The first-order valence-electron chi connectivity index (χ1n) is 13.1. The standard InChI is InChI=1S/C28H43F2N5O3/c1-7-8-22(11-12-36)33-26-23(19(3)32-27(31)34-26)14-21-10-9-20(13-18(21)2)15-35(16-24(29)30)17-25(37)38-28(4,5)6/h9-10,13,22,24,36H,7-8,11-12,14-17H2,1-6H3,(H3,31,32,33,34)/t22-/m0/s1. The van der Waals surface area contributed by atoms with Crippen molar-refractivity contribution < 1.29 is 23.4 Å². The molecule has 0 saturated heterocycles. The van der Waals surface area contributed by atoms with Crippen molar-refractivity contribution in [2.45, 2.75) is 91.8 Å². The molecule has 0 aliphatic heterocycles. The number of aromatic nitrogens is 2. The molecule has 212 valence electrons. The monoisotopic (exact) mass is 535 g/mol. The van der Waals surface area contributed by atoms with Gasteiger partial charge in [0, 0.05) is 36.9 Å². The van der Waals surface area contributed by atoms with Crippen LogP contribution in [0.25, 0.3) is 0 Å². The number of carbonyl (C=O) groups is 1. The highest BCUT2D eigenvalue weighted by atomic mass is 19.3. The van der Waals surface area contributed by atoms with Gasteiger partial charge in [-0.3, -0.25) is 9.69 Å². The Hall–Kier alpha value is -2.85. The molecule has 0 radical (unpaired) electrons. The molecule has 1 heterocycles. The van der Waals surface area contributed by atoms with Gasteiger partial charge in [-0.2, -0.15) is 4.98 Å². The second-order valence-electron chi connectivity index (χ2n) is 10.7. The molecule has 2 aromatic rings. The maximum absolute atomic E-state index is 13.2. The lowest BCUT2D eigenvalue weighted by molar-refractivity contribution is -0.156. The summed E-state index contributed by atoms with van der Waals surface area (Å²) < 4.78 is 31.8. The van der Waals surface area contributed by atoms with Gasteiger partial charge in [0.15, 0.2) is 0 Å². The van der Waals surface area contributed by atoms with Crippen LogP contribution in [0.1, 0.15) is 74.9 Å². The van der Waals surface area contributed by atoms with Gasteiger partial charge in [0.1, 0.15) is 11.4 Å². The van der Waals surface area contributed by atoms with Crippen LogP contribution in [0.3, 0.4) is 0 Å². The van der Waals surface area contributed by atoms with Crippen LogP contribution in [-0.4, -0.2) is 63.7 Å². The average Bonchev–Trinajstić information content (AvgIpc) is 2.76. The van der Waals surface area contributed by atoms with Crippen LogP contribution in [0.2, 0.25) is 0 Å². The number of carbonyl (C=O) groups excluding carboxylic acids is 1. The van der Waals surface area contributed by atoms with Crippen LogP contribution < -0.4 is 11.1 Å². The van der Waals surface area contributed by atoms with Gasteiger partial charge in [-0.1, -0.05) is 31.5 Å². The number of nitrogens with zero attached hydrogens (tertiary/aromatic N) is 3. The predicted molar refractivity (Wildman–Crippen MR) is 146 cm³/mol. The summed E-state index contributed by atoms with van der Waals surface area (Å²) >= 11 is 0. The van der Waals surface area contributed by atoms with E-state index in [2.05, 4.69) is 22.2 Å². The van der Waals surface area contributed by atoms with Crippen LogP contribution in [-0.2, 0) is 22.5 Å². The number of alkyl halides is 2. The summed E-state index contributed by atoms with van der Waals surface area (Å²) in [6.07, 6.45) is 0.428. The maximum atomic E-state index is 13.2. The number of esters is 1. The SMILES string of the molecule is CCC[C@@H](CCO)Nc1nc(N)nc(C)c1Cc1ccc(CN(CC(=O)OC(C)(C)C)CC(F)F)cc1C. The van der Waals surface area contributed by atoms with Crippen LogP contribution in [0.5, 0.6) is 0 Å². The Kier molecular flexibility index (Phi) is 11.8. The van der Waals surface area contributed by atoms with Crippen LogP contribution in [0.15, 0.2) is 18.2 Å². The van der Waals surface area contributed by atoms with Gasteiger partial charge in [-0.05, 0) is 64.2 Å². The van der Waals surface area contributed by atoms with Crippen LogP contribution in [0.4, 0.5) is 20.5 Å². The number of hydrogen-bond donors (Lipinski definition) is 3. The molecule has 1 aromatic carbocycles. The molecule has 0 aliphatic rings. The fourth-order valence-corrected chi connectivity index (χ4v) is 4.37. The summed E-state index contributed by atoms with van der Waals surface area (Å²) in [5, 5.41) is 12.9. The first-order chi connectivity index (χ1) is 17.8. The van der Waals surface area contributed by atoms with Gasteiger partial charge < -0.3 is 20.9 Å². The number of anilines is 2. The molecule has 0 aliphatic carbocycles. The zero-order chi connectivity index (χ0) is 28.5. The predicted octanol–water partition coefficient (Wildman–Crippen LogP) is 4.64. The summed E-state index contributed by atoms with van der Waals surface area (Å²) in [5.41, 5.74) is 9.79. The first-order valence-corrected chi connectivity index (χ1v) is 13.1. The Bertz CT molecular complexity index is 1050. The summed E-state index contributed by atoms with van der Waals surface area (Å²) in [6.45, 7) is 10.7. The second kappa shape index (κ2) is 14.3. The van der Waals surface area contributed by atoms with E-state index < -0.39 is 24.5 Å². The van der Waals surface area contributed by atoms with Crippen LogP contribution in [0, 0.1) is 13.8 Å². The lowest BCUT2D eigenvalue weighted by atomic mass is 9.97. The van der Waals surface area contributed by atoms with Crippen molar-refractivity contribution in [1.29, 1.82) is 0 Å². The summed E-state index contributed by atoms with van der Waals surface area (Å²) in [5.74, 6) is 0.308. The normalized spacial score (nSPS) is 12.7. The highest BCUT2D eigenvalue weighted by Gasteiger charge is 2.22. The minimum Gasteiger partial charge on any atom is -0.459 e. The number of hydrogen-bond acceptors (Lipinski definition) is 8. The van der Waals surface area contributed by atoms with E-state index in [0.29, 0.717) is 18.7 Å². The number of halogens is 2. The summed E-state index contributed by atoms with van der Waals surface area (Å²) in [4.78, 5) is 22.5. The van der Waals surface area contributed by atoms with E-state index in [1.165, 1.54) is 4.90 Å². The minimum atomic E-state index is -2.57. The highest BCUT2D eigenvalue weighted by molar-refractivity contribution is 5.72. The Morgan fingerprint density at radius 3 is 2.50 bits per heavy atom. The van der Waals surface area contributed by atoms with Crippen molar-refractivity contribution in [2.75, 3.05) is 30.7 Å². The molecule has 0 amide bonds. The number of aryl methyl sites for hydroxylation is 2. The van der Waals surface area contributed by atoms with Gasteiger partial charge in [0.2, 0.25) is 5.95 Å². The van der Waals surface area contributed by atoms with Crippen molar-refractivity contribution in [3.05, 3.63) is 46.1 Å². The molecule has 0 bridgehead atoms. The quantitative estimate of drug-likeness (QED) is 0.300. The number of benzene rings is 1. The smallest absolute Gasteiger partial charge is 0.320 e. The van der Waals surface area contributed by atoms with Gasteiger partial charge in [-0.15, -0.1) is 0 Å². The fourth-order valence-electron chi connectivity index (χ4n) is 4.37. The summed E-state index contributed by atoms with van der Waals surface area (Å²) in [6, 6.07) is 5.87. The average molecular weight is 536 g/mol. The van der Waals surface area contributed by atoms with Gasteiger partial charge in [-0.25, -0.2) is 13.8 Å². The van der Waals surface area contributed by atoms with E-state index in [4.69, 9.17) is 10.5 Å². The van der Waals surface area contributed by atoms with E-state index in [-0.39, 0.29) is 31.7 Å². The van der Waals surface area contributed by atoms with Gasteiger partial charge in [0.05, 0.1) is 13.1 Å². The number of nitrogens with two attached hydrogens (primary N) is 1. The fraction of sp³-hybridized carbons (Fsp3) is 0.607. The molecular weight excluding hydrogens is 492 g/mol. The number of rotatable bonds is 14. The first kappa shape index (κ1) is 31.4. The van der Waals surface area contributed by atoms with Gasteiger partial charge >= 0.3 is 5.97 Å². The molecule has 8 nitrogen and oxygen atoms in total. The lowest BCUT2D eigenvalue weighted by Gasteiger charge is -2.25. The molecule has 1 atom stereocenters. The third-order valence-corrected chi connectivity index (χ3v) is 6.04. The van der Waals surface area contributed by atoms with E-state index in [1.807, 2.05) is 32.0 Å².